The monoisotopic (exact) mass is 309 g/mol. The van der Waals surface area contributed by atoms with Gasteiger partial charge < -0.3 is 4.74 Å². The zero-order chi connectivity index (χ0) is 16.6. The van der Waals surface area contributed by atoms with E-state index in [2.05, 4.69) is 12.6 Å². The van der Waals surface area contributed by atoms with Crippen LogP contribution in [-0.4, -0.2) is 12.9 Å². The summed E-state index contributed by atoms with van der Waals surface area (Å²) in [4.78, 5) is 13.2. The first-order valence-corrected chi connectivity index (χ1v) is 8.29. The predicted octanol–water partition coefficient (Wildman–Crippen LogP) is 4.18. The third-order valence-electron chi connectivity index (χ3n) is 5.87. The van der Waals surface area contributed by atoms with Crippen LogP contribution in [0.3, 0.4) is 0 Å². The van der Waals surface area contributed by atoms with Gasteiger partial charge in [-0.2, -0.15) is 5.26 Å². The summed E-state index contributed by atoms with van der Waals surface area (Å²) < 4.78 is 5.30. The lowest BCUT2D eigenvalue weighted by Crippen LogP contribution is -2.43. The smallest absolute Gasteiger partial charge is 0.167 e. The normalized spacial score (nSPS) is 32.9. The zero-order valence-electron chi connectivity index (χ0n) is 13.8. The maximum atomic E-state index is 13.2. The molecule has 0 amide bonds. The molecule has 0 radical (unpaired) electrons. The largest absolute Gasteiger partial charge is 0.497 e. The van der Waals surface area contributed by atoms with Crippen molar-refractivity contribution in [1.82, 2.24) is 0 Å². The SMILES string of the molecule is C=CC1CCC(C)(C#N)C2CCc3cc(OC)ccc3C(=O)C12. The van der Waals surface area contributed by atoms with E-state index >= 15 is 0 Å². The Morgan fingerprint density at radius 3 is 2.87 bits per heavy atom. The molecule has 120 valence electrons. The Bertz CT molecular complexity index is 687. The van der Waals surface area contributed by atoms with E-state index in [9.17, 15) is 10.1 Å². The van der Waals surface area contributed by atoms with Crippen molar-refractivity contribution in [3.8, 4) is 11.8 Å². The van der Waals surface area contributed by atoms with E-state index in [0.717, 1.165) is 42.6 Å². The summed E-state index contributed by atoms with van der Waals surface area (Å²) in [6, 6.07) is 8.22. The molecular weight excluding hydrogens is 286 g/mol. The van der Waals surface area contributed by atoms with Crippen molar-refractivity contribution in [2.75, 3.05) is 7.11 Å². The molecule has 1 aromatic rings. The van der Waals surface area contributed by atoms with Crippen LogP contribution in [-0.2, 0) is 6.42 Å². The summed E-state index contributed by atoms with van der Waals surface area (Å²) in [5, 5.41) is 9.72. The molecule has 1 aromatic carbocycles. The topological polar surface area (TPSA) is 50.1 Å². The van der Waals surface area contributed by atoms with Crippen LogP contribution in [0, 0.1) is 34.5 Å². The van der Waals surface area contributed by atoms with Gasteiger partial charge >= 0.3 is 0 Å². The highest BCUT2D eigenvalue weighted by Crippen LogP contribution is 2.51. The number of benzene rings is 1. The molecule has 23 heavy (non-hydrogen) atoms. The highest BCUT2D eigenvalue weighted by Gasteiger charge is 2.50. The lowest BCUT2D eigenvalue weighted by molar-refractivity contribution is 0.0508. The van der Waals surface area contributed by atoms with Crippen LogP contribution in [0.2, 0.25) is 0 Å². The van der Waals surface area contributed by atoms with Gasteiger partial charge in [0.25, 0.3) is 0 Å². The number of nitriles is 1. The minimum Gasteiger partial charge on any atom is -0.497 e. The first-order chi connectivity index (χ1) is 11.0. The summed E-state index contributed by atoms with van der Waals surface area (Å²) in [7, 11) is 1.64. The number of methoxy groups -OCH3 is 1. The van der Waals surface area contributed by atoms with E-state index in [1.165, 1.54) is 0 Å². The van der Waals surface area contributed by atoms with E-state index in [0.29, 0.717) is 0 Å². The van der Waals surface area contributed by atoms with Crippen LogP contribution in [0.5, 0.6) is 5.75 Å². The second-order valence-electron chi connectivity index (χ2n) is 7.03. The predicted molar refractivity (Wildman–Crippen MR) is 89.3 cm³/mol. The Balaban J connectivity index is 2.08. The molecule has 0 bridgehead atoms. The van der Waals surface area contributed by atoms with Crippen molar-refractivity contribution >= 4 is 5.78 Å². The number of rotatable bonds is 2. The summed E-state index contributed by atoms with van der Waals surface area (Å²) >= 11 is 0. The molecule has 0 saturated heterocycles. The maximum absolute atomic E-state index is 13.2. The molecule has 0 spiro atoms. The fraction of sp³-hybridized carbons (Fsp3) is 0.500. The van der Waals surface area contributed by atoms with Gasteiger partial charge in [-0.15, -0.1) is 6.58 Å². The van der Waals surface area contributed by atoms with Gasteiger partial charge in [0.1, 0.15) is 5.75 Å². The first-order valence-electron chi connectivity index (χ1n) is 8.29. The van der Waals surface area contributed by atoms with E-state index in [4.69, 9.17) is 4.74 Å². The number of aryl methyl sites for hydroxylation is 1. The fourth-order valence-corrected chi connectivity index (χ4v) is 4.44. The average Bonchev–Trinajstić information content (AvgIpc) is 2.73. The molecule has 0 aliphatic heterocycles. The molecule has 4 unspecified atom stereocenters. The van der Waals surface area contributed by atoms with Gasteiger partial charge in [0.15, 0.2) is 5.78 Å². The Morgan fingerprint density at radius 1 is 1.43 bits per heavy atom. The number of allylic oxidation sites excluding steroid dienone is 1. The van der Waals surface area contributed by atoms with Gasteiger partial charge in [0.2, 0.25) is 0 Å². The van der Waals surface area contributed by atoms with E-state index in [-0.39, 0.29) is 23.5 Å². The number of carbonyl (C=O) groups is 1. The summed E-state index contributed by atoms with van der Waals surface area (Å²) in [6.45, 7) is 5.96. The zero-order valence-corrected chi connectivity index (χ0v) is 13.8. The maximum Gasteiger partial charge on any atom is 0.167 e. The summed E-state index contributed by atoms with van der Waals surface area (Å²) in [6.07, 6.45) is 5.31. The number of fused-ring (bicyclic) bond motifs is 2. The van der Waals surface area contributed by atoms with Crippen molar-refractivity contribution in [3.05, 3.63) is 42.0 Å². The molecule has 0 aromatic heterocycles. The molecule has 3 nitrogen and oxygen atoms in total. The van der Waals surface area contributed by atoms with Gasteiger partial charge in [-0.1, -0.05) is 6.08 Å². The van der Waals surface area contributed by atoms with Crippen LogP contribution < -0.4 is 4.74 Å². The van der Waals surface area contributed by atoms with Crippen molar-refractivity contribution in [1.29, 1.82) is 5.26 Å². The van der Waals surface area contributed by atoms with Gasteiger partial charge in [-0.3, -0.25) is 4.79 Å². The van der Waals surface area contributed by atoms with Gasteiger partial charge in [-0.25, -0.2) is 0 Å². The number of carbonyl (C=O) groups excluding carboxylic acids is 1. The highest BCUT2D eigenvalue weighted by atomic mass is 16.5. The Morgan fingerprint density at radius 2 is 2.22 bits per heavy atom. The minimum atomic E-state index is -0.425. The molecule has 2 aliphatic carbocycles. The Labute approximate surface area is 138 Å². The number of ether oxygens (including phenoxy) is 1. The third kappa shape index (κ3) is 2.47. The molecule has 4 atom stereocenters. The van der Waals surface area contributed by atoms with Crippen LogP contribution in [0.15, 0.2) is 30.9 Å². The van der Waals surface area contributed by atoms with E-state index < -0.39 is 5.41 Å². The molecule has 1 saturated carbocycles. The van der Waals surface area contributed by atoms with Crippen LogP contribution >= 0.6 is 0 Å². The highest BCUT2D eigenvalue weighted by molar-refractivity contribution is 6.00. The van der Waals surface area contributed by atoms with Crippen LogP contribution in [0.1, 0.15) is 42.1 Å². The third-order valence-corrected chi connectivity index (χ3v) is 5.87. The van der Waals surface area contributed by atoms with E-state index in [1.807, 2.05) is 31.2 Å². The average molecular weight is 309 g/mol. The van der Waals surface area contributed by atoms with Crippen LogP contribution in [0.4, 0.5) is 0 Å². The number of hydrogen-bond acceptors (Lipinski definition) is 3. The second kappa shape index (κ2) is 5.85. The second-order valence-corrected chi connectivity index (χ2v) is 7.03. The van der Waals surface area contributed by atoms with E-state index in [1.54, 1.807) is 7.11 Å². The molecular formula is C20H23NO2. The minimum absolute atomic E-state index is 0.0927. The first kappa shape index (κ1) is 15.8. The van der Waals surface area contributed by atoms with Gasteiger partial charge in [0.05, 0.1) is 18.6 Å². The molecule has 1 fully saturated rings. The number of ketones is 1. The number of nitrogens with zero attached hydrogens (tertiary/aromatic N) is 1. The molecule has 0 heterocycles. The van der Waals surface area contributed by atoms with Crippen molar-refractivity contribution in [2.45, 2.75) is 32.6 Å². The summed E-state index contributed by atoms with van der Waals surface area (Å²) in [5.74, 6) is 1.10. The quantitative estimate of drug-likeness (QED) is 0.770. The lowest BCUT2D eigenvalue weighted by Gasteiger charge is -2.44. The van der Waals surface area contributed by atoms with Gasteiger partial charge in [-0.05, 0) is 68.2 Å². The number of hydrogen-bond donors (Lipinski definition) is 0. The molecule has 0 N–H and O–H groups in total. The Kier molecular flexibility index (Phi) is 4.02. The van der Waals surface area contributed by atoms with Crippen molar-refractivity contribution in [3.63, 3.8) is 0 Å². The summed E-state index contributed by atoms with van der Waals surface area (Å²) in [5.41, 5.74) is 1.42. The fourth-order valence-electron chi connectivity index (χ4n) is 4.44. The molecule has 2 aliphatic rings. The van der Waals surface area contributed by atoms with Crippen LogP contribution in [0.25, 0.3) is 0 Å². The number of Topliss-reactive ketones (excluding diaryl/α,β-unsaturated/α-hetero) is 1. The van der Waals surface area contributed by atoms with Gasteiger partial charge in [0, 0.05) is 11.5 Å². The van der Waals surface area contributed by atoms with Crippen molar-refractivity contribution < 1.29 is 9.53 Å². The lowest BCUT2D eigenvalue weighted by atomic mass is 9.57. The Hall–Kier alpha value is -2.08. The standard InChI is InChI=1S/C20H23NO2/c1-4-13-9-10-20(2,12-21)17-8-5-14-11-15(23-3)6-7-16(14)19(22)18(13)17/h4,6-7,11,13,17-18H,1,5,8-10H2,2-3H3. The molecule has 3 rings (SSSR count). The van der Waals surface area contributed by atoms with Crippen molar-refractivity contribution in [2.24, 2.45) is 23.2 Å². The molecule has 3 heteroatoms.